The number of hydrogen-bond acceptors (Lipinski definition) is 5. The van der Waals surface area contributed by atoms with E-state index in [0.717, 1.165) is 5.41 Å². The van der Waals surface area contributed by atoms with Gasteiger partial charge < -0.3 is 9.47 Å². The molecule has 17 heavy (non-hydrogen) atoms. The topological polar surface area (TPSA) is 65.0 Å². The fourth-order valence-electron chi connectivity index (χ4n) is 1.36. The molecule has 0 bridgehead atoms. The third-order valence-corrected chi connectivity index (χ3v) is 3.40. The Labute approximate surface area is 99.3 Å². The van der Waals surface area contributed by atoms with Crippen molar-refractivity contribution in [2.45, 2.75) is 6.92 Å². The first-order valence-corrected chi connectivity index (χ1v) is 6.40. The minimum Gasteiger partial charge on any atom is -0.497 e. The van der Waals surface area contributed by atoms with Crippen molar-refractivity contribution in [3.05, 3.63) is 35.4 Å². The molecule has 1 heterocycles. The van der Waals surface area contributed by atoms with Crippen molar-refractivity contribution in [3.8, 4) is 11.5 Å². The molecule has 0 atom stereocenters. The highest BCUT2D eigenvalue weighted by atomic mass is 32.2. The summed E-state index contributed by atoms with van der Waals surface area (Å²) >= 11 is 0. The molecule has 6 heteroatoms. The van der Waals surface area contributed by atoms with Gasteiger partial charge in [0.15, 0.2) is 0 Å². The largest absolute Gasteiger partial charge is 0.497 e. The van der Waals surface area contributed by atoms with E-state index in [0.29, 0.717) is 17.2 Å². The second-order valence-corrected chi connectivity index (χ2v) is 5.14. The maximum absolute atomic E-state index is 11.6. The molecule has 90 valence electrons. The average Bonchev–Trinajstić information content (AvgIpc) is 2.52. The normalized spacial score (nSPS) is 17.3. The van der Waals surface area contributed by atoms with E-state index in [1.807, 2.05) is 0 Å². The van der Waals surface area contributed by atoms with Crippen LogP contribution in [0.4, 0.5) is 0 Å². The van der Waals surface area contributed by atoms with E-state index >= 15 is 0 Å². The Morgan fingerprint density at radius 1 is 1.24 bits per heavy atom. The van der Waals surface area contributed by atoms with Gasteiger partial charge in [0.25, 0.3) is 9.84 Å². The van der Waals surface area contributed by atoms with Crippen molar-refractivity contribution in [2.24, 2.45) is 4.99 Å². The summed E-state index contributed by atoms with van der Waals surface area (Å²) < 4.78 is 33.4. The molecule has 0 fully saturated rings. The van der Waals surface area contributed by atoms with Crippen LogP contribution >= 0.6 is 0 Å². The molecule has 0 saturated heterocycles. The van der Waals surface area contributed by atoms with Gasteiger partial charge in [0.1, 0.15) is 11.5 Å². The molecule has 0 aromatic heterocycles. The first-order chi connectivity index (χ1) is 8.01. The van der Waals surface area contributed by atoms with Crippen molar-refractivity contribution >= 4 is 15.1 Å². The van der Waals surface area contributed by atoms with Crippen LogP contribution in [0.5, 0.6) is 11.5 Å². The van der Waals surface area contributed by atoms with Crippen LogP contribution in [-0.2, 0) is 9.84 Å². The van der Waals surface area contributed by atoms with Gasteiger partial charge in [-0.2, -0.15) is 0 Å². The van der Waals surface area contributed by atoms with Crippen LogP contribution in [0.25, 0.3) is 0 Å². The van der Waals surface area contributed by atoms with Gasteiger partial charge >= 0.3 is 5.23 Å². The van der Waals surface area contributed by atoms with Crippen molar-refractivity contribution in [3.63, 3.8) is 0 Å². The fourth-order valence-corrected chi connectivity index (χ4v) is 2.44. The van der Waals surface area contributed by atoms with Gasteiger partial charge in [-0.1, -0.05) is 6.07 Å². The SMILES string of the molecule is COc1cccc(OC2=NC(C)=CS2(=O)=O)c1. The lowest BCUT2D eigenvalue weighted by Crippen LogP contribution is -2.16. The van der Waals surface area contributed by atoms with Crippen LogP contribution in [0.3, 0.4) is 0 Å². The highest BCUT2D eigenvalue weighted by molar-refractivity contribution is 8.08. The zero-order chi connectivity index (χ0) is 12.5. The number of ether oxygens (including phenoxy) is 2. The summed E-state index contributed by atoms with van der Waals surface area (Å²) in [7, 11) is -2.01. The third-order valence-electron chi connectivity index (χ3n) is 2.08. The van der Waals surface area contributed by atoms with Gasteiger partial charge in [-0.15, -0.1) is 0 Å². The molecule has 0 N–H and O–H groups in total. The van der Waals surface area contributed by atoms with Crippen LogP contribution in [0, 0.1) is 0 Å². The lowest BCUT2D eigenvalue weighted by Gasteiger charge is -2.05. The molecule has 0 unspecified atom stereocenters. The molecular formula is C11H11NO4S. The van der Waals surface area contributed by atoms with Crippen LogP contribution in [-0.4, -0.2) is 20.8 Å². The maximum atomic E-state index is 11.6. The molecule has 0 spiro atoms. The molecule has 0 saturated carbocycles. The van der Waals surface area contributed by atoms with E-state index in [9.17, 15) is 8.42 Å². The molecule has 1 aliphatic rings. The number of nitrogens with zero attached hydrogens (tertiary/aromatic N) is 1. The molecular weight excluding hydrogens is 242 g/mol. The smallest absolute Gasteiger partial charge is 0.319 e. The summed E-state index contributed by atoms with van der Waals surface area (Å²) in [6.45, 7) is 1.60. The third kappa shape index (κ3) is 2.47. The molecule has 5 nitrogen and oxygen atoms in total. The fraction of sp³-hybridized carbons (Fsp3) is 0.182. The zero-order valence-corrected chi connectivity index (χ0v) is 10.2. The monoisotopic (exact) mass is 253 g/mol. The van der Waals surface area contributed by atoms with Gasteiger partial charge in [-0.3, -0.25) is 0 Å². The molecule has 1 aliphatic heterocycles. The van der Waals surface area contributed by atoms with E-state index < -0.39 is 9.84 Å². The number of allylic oxidation sites excluding steroid dienone is 1. The minimum absolute atomic E-state index is 0.303. The van der Waals surface area contributed by atoms with Gasteiger partial charge in [0.2, 0.25) is 0 Å². The van der Waals surface area contributed by atoms with E-state index in [1.165, 1.54) is 7.11 Å². The van der Waals surface area contributed by atoms with Crippen molar-refractivity contribution in [1.82, 2.24) is 0 Å². The molecule has 0 amide bonds. The minimum atomic E-state index is -3.53. The van der Waals surface area contributed by atoms with E-state index in [-0.39, 0.29) is 5.23 Å². The van der Waals surface area contributed by atoms with Crippen molar-refractivity contribution < 1.29 is 17.9 Å². The number of aliphatic imine (C=N–C) groups is 1. The number of benzene rings is 1. The van der Waals surface area contributed by atoms with Crippen molar-refractivity contribution in [2.75, 3.05) is 7.11 Å². The van der Waals surface area contributed by atoms with Gasteiger partial charge in [-0.25, -0.2) is 13.4 Å². The van der Waals surface area contributed by atoms with Crippen LogP contribution in [0.2, 0.25) is 0 Å². The lowest BCUT2D eigenvalue weighted by atomic mass is 10.3. The molecule has 1 aromatic carbocycles. The van der Waals surface area contributed by atoms with Gasteiger partial charge in [-0.05, 0) is 19.1 Å². The van der Waals surface area contributed by atoms with Crippen molar-refractivity contribution in [1.29, 1.82) is 0 Å². The maximum Gasteiger partial charge on any atom is 0.319 e. The first-order valence-electron chi connectivity index (χ1n) is 4.85. The quantitative estimate of drug-likeness (QED) is 0.805. The predicted molar refractivity (Wildman–Crippen MR) is 63.7 cm³/mol. The zero-order valence-electron chi connectivity index (χ0n) is 9.38. The highest BCUT2D eigenvalue weighted by Gasteiger charge is 2.25. The first kappa shape index (κ1) is 11.7. The Morgan fingerprint density at radius 2 is 1.94 bits per heavy atom. The number of hydrogen-bond donors (Lipinski definition) is 0. The Balaban J connectivity index is 2.26. The highest BCUT2D eigenvalue weighted by Crippen LogP contribution is 2.22. The standard InChI is InChI=1S/C11H11NO4S/c1-8-7-17(13,14)11(12-8)16-10-5-3-4-9(6-10)15-2/h3-7H,1-2H3. The summed E-state index contributed by atoms with van der Waals surface area (Å²) in [6, 6.07) is 6.66. The predicted octanol–water partition coefficient (Wildman–Crippen LogP) is 1.72. The number of rotatable bonds is 2. The second-order valence-electron chi connectivity index (χ2n) is 3.46. The lowest BCUT2D eigenvalue weighted by molar-refractivity contribution is 0.412. The summed E-state index contributed by atoms with van der Waals surface area (Å²) in [5.74, 6) is 0.956. The molecule has 1 aromatic rings. The summed E-state index contributed by atoms with van der Waals surface area (Å²) in [6.07, 6.45) is 0. The molecule has 0 aliphatic carbocycles. The van der Waals surface area contributed by atoms with Gasteiger partial charge in [0, 0.05) is 6.07 Å². The van der Waals surface area contributed by atoms with Crippen LogP contribution in [0.15, 0.2) is 40.4 Å². The number of sulfone groups is 1. The average molecular weight is 253 g/mol. The van der Waals surface area contributed by atoms with Crippen LogP contribution < -0.4 is 9.47 Å². The Kier molecular flexibility index (Phi) is 2.89. The van der Waals surface area contributed by atoms with E-state index in [4.69, 9.17) is 9.47 Å². The molecule has 0 radical (unpaired) electrons. The Hall–Kier alpha value is -1.82. The summed E-state index contributed by atoms with van der Waals surface area (Å²) in [5, 5.41) is 0.769. The Bertz CT molecular complexity index is 602. The van der Waals surface area contributed by atoms with Gasteiger partial charge in [0.05, 0.1) is 18.2 Å². The van der Waals surface area contributed by atoms with E-state index in [1.54, 1.807) is 31.2 Å². The molecule has 2 rings (SSSR count). The summed E-state index contributed by atoms with van der Waals surface area (Å²) in [4.78, 5) is 3.82. The second kappa shape index (κ2) is 4.21. The Morgan fingerprint density at radius 3 is 2.53 bits per heavy atom. The van der Waals surface area contributed by atoms with Crippen LogP contribution in [0.1, 0.15) is 6.92 Å². The number of methoxy groups -OCH3 is 1. The summed E-state index contributed by atoms with van der Waals surface area (Å²) in [5.41, 5.74) is 0.405. The van der Waals surface area contributed by atoms with E-state index in [2.05, 4.69) is 4.99 Å².